The molecule has 0 amide bonds. The molecule has 0 fully saturated rings. The molecular formula is C7H6BrS. The van der Waals surface area contributed by atoms with Crippen molar-refractivity contribution in [3.63, 3.8) is 0 Å². The molecule has 2 heteroatoms. The second kappa shape index (κ2) is 3.28. The monoisotopic (exact) mass is 201 g/mol. The SMILES string of the molecule is [S]C(Br)c1ccccc1. The normalized spacial score (nSPS) is 13.1. The summed E-state index contributed by atoms with van der Waals surface area (Å²) in [5.74, 6) is 0. The Balaban J connectivity index is 2.85. The van der Waals surface area contributed by atoms with Gasteiger partial charge in [0, 0.05) is 0 Å². The molecule has 1 radical (unpaired) electrons. The third kappa shape index (κ3) is 2.03. The van der Waals surface area contributed by atoms with Crippen LogP contribution in [-0.2, 0) is 0 Å². The summed E-state index contributed by atoms with van der Waals surface area (Å²) in [4.78, 5) is 0. The van der Waals surface area contributed by atoms with Gasteiger partial charge in [-0.1, -0.05) is 58.9 Å². The van der Waals surface area contributed by atoms with E-state index in [4.69, 9.17) is 12.6 Å². The fourth-order valence-corrected chi connectivity index (χ4v) is 1.07. The van der Waals surface area contributed by atoms with Crippen LogP contribution in [0.2, 0.25) is 0 Å². The Kier molecular flexibility index (Phi) is 2.61. The first-order valence-electron chi connectivity index (χ1n) is 2.65. The topological polar surface area (TPSA) is 0 Å². The van der Waals surface area contributed by atoms with Gasteiger partial charge in [0.15, 0.2) is 0 Å². The van der Waals surface area contributed by atoms with E-state index in [1.165, 1.54) is 0 Å². The van der Waals surface area contributed by atoms with Crippen molar-refractivity contribution in [2.45, 2.75) is 4.16 Å². The van der Waals surface area contributed by atoms with Gasteiger partial charge in [-0.15, -0.1) is 0 Å². The summed E-state index contributed by atoms with van der Waals surface area (Å²) in [6, 6.07) is 9.96. The smallest absolute Gasteiger partial charge is 0.0727 e. The Morgan fingerprint density at radius 3 is 2.11 bits per heavy atom. The molecule has 1 atom stereocenters. The number of hydrogen-bond acceptors (Lipinski definition) is 0. The van der Waals surface area contributed by atoms with Crippen LogP contribution in [0.5, 0.6) is 0 Å². The number of benzene rings is 1. The van der Waals surface area contributed by atoms with Crippen molar-refractivity contribution < 1.29 is 0 Å². The number of hydrogen-bond donors (Lipinski definition) is 0. The molecule has 0 aliphatic rings. The molecule has 0 saturated carbocycles. The van der Waals surface area contributed by atoms with Crippen LogP contribution in [0.25, 0.3) is 0 Å². The standard InChI is InChI=1S/C7H6BrS/c8-7(9)6-4-2-1-3-5-6/h1-5,7H. The summed E-state index contributed by atoms with van der Waals surface area (Å²) < 4.78 is 0.0544. The highest BCUT2D eigenvalue weighted by Gasteiger charge is 1.97. The average molecular weight is 202 g/mol. The van der Waals surface area contributed by atoms with Crippen molar-refractivity contribution in [2.75, 3.05) is 0 Å². The van der Waals surface area contributed by atoms with Gasteiger partial charge in [-0.25, -0.2) is 0 Å². The van der Waals surface area contributed by atoms with Crippen LogP contribution < -0.4 is 0 Å². The van der Waals surface area contributed by atoms with Crippen LogP contribution in [0, 0.1) is 0 Å². The summed E-state index contributed by atoms with van der Waals surface area (Å²) in [7, 11) is 0. The minimum atomic E-state index is 0.0544. The molecule has 0 spiro atoms. The Hall–Kier alpha value is 0.0500. The maximum absolute atomic E-state index is 4.96. The van der Waals surface area contributed by atoms with Crippen LogP contribution in [0.4, 0.5) is 0 Å². The van der Waals surface area contributed by atoms with Crippen molar-refractivity contribution in [3.8, 4) is 0 Å². The lowest BCUT2D eigenvalue weighted by Crippen LogP contribution is -1.76. The van der Waals surface area contributed by atoms with Gasteiger partial charge in [-0.05, 0) is 5.56 Å². The van der Waals surface area contributed by atoms with Crippen LogP contribution in [0.1, 0.15) is 9.72 Å². The highest BCUT2D eigenvalue weighted by atomic mass is 79.9. The minimum Gasteiger partial charge on any atom is -0.0727 e. The Morgan fingerprint density at radius 1 is 1.22 bits per heavy atom. The van der Waals surface area contributed by atoms with Crippen LogP contribution >= 0.6 is 28.6 Å². The van der Waals surface area contributed by atoms with Gasteiger partial charge < -0.3 is 0 Å². The lowest BCUT2D eigenvalue weighted by Gasteiger charge is -1.97. The molecule has 1 aromatic rings. The van der Waals surface area contributed by atoms with Crippen LogP contribution in [0.3, 0.4) is 0 Å². The van der Waals surface area contributed by atoms with E-state index in [0.717, 1.165) is 5.56 Å². The van der Waals surface area contributed by atoms with E-state index >= 15 is 0 Å². The van der Waals surface area contributed by atoms with Gasteiger partial charge in [0.2, 0.25) is 0 Å². The highest BCUT2D eigenvalue weighted by molar-refractivity contribution is 9.10. The molecule has 0 aliphatic heterocycles. The molecule has 1 aromatic carbocycles. The minimum absolute atomic E-state index is 0.0544. The lowest BCUT2D eigenvalue weighted by molar-refractivity contribution is 1.41. The maximum atomic E-state index is 4.96. The van der Waals surface area contributed by atoms with Crippen molar-refractivity contribution in [1.82, 2.24) is 0 Å². The van der Waals surface area contributed by atoms with Gasteiger partial charge in [0.25, 0.3) is 0 Å². The Morgan fingerprint density at radius 2 is 1.78 bits per heavy atom. The molecule has 0 heterocycles. The summed E-state index contributed by atoms with van der Waals surface area (Å²) in [5.41, 5.74) is 1.15. The fraction of sp³-hybridized carbons (Fsp3) is 0.143. The molecule has 9 heavy (non-hydrogen) atoms. The van der Waals surface area contributed by atoms with E-state index < -0.39 is 0 Å². The van der Waals surface area contributed by atoms with Crippen molar-refractivity contribution in [3.05, 3.63) is 35.9 Å². The summed E-state index contributed by atoms with van der Waals surface area (Å²) in [6.07, 6.45) is 0. The molecule has 0 nitrogen and oxygen atoms in total. The van der Waals surface area contributed by atoms with Gasteiger partial charge in [-0.3, -0.25) is 0 Å². The molecule has 1 unspecified atom stereocenters. The first-order chi connectivity index (χ1) is 4.30. The van der Waals surface area contributed by atoms with E-state index in [2.05, 4.69) is 15.9 Å². The quantitative estimate of drug-likeness (QED) is 0.613. The second-order valence-electron chi connectivity index (χ2n) is 1.73. The van der Waals surface area contributed by atoms with Gasteiger partial charge in [-0.2, -0.15) is 0 Å². The zero-order valence-corrected chi connectivity index (χ0v) is 7.15. The van der Waals surface area contributed by atoms with Crippen LogP contribution in [-0.4, -0.2) is 0 Å². The predicted molar refractivity (Wildman–Crippen MR) is 45.7 cm³/mol. The molecule has 1 rings (SSSR count). The lowest BCUT2D eigenvalue weighted by atomic mass is 10.2. The molecule has 0 saturated heterocycles. The predicted octanol–water partition coefficient (Wildman–Crippen LogP) is 3.28. The van der Waals surface area contributed by atoms with Gasteiger partial charge in [0.1, 0.15) is 0 Å². The molecule has 0 aromatic heterocycles. The van der Waals surface area contributed by atoms with E-state index in [1.807, 2.05) is 30.3 Å². The summed E-state index contributed by atoms with van der Waals surface area (Å²) >= 11 is 8.26. The average Bonchev–Trinajstić information content (AvgIpc) is 1.90. The zero-order chi connectivity index (χ0) is 6.69. The van der Waals surface area contributed by atoms with E-state index in [1.54, 1.807) is 0 Å². The Bertz CT molecular complexity index is 172. The third-order valence-corrected chi connectivity index (χ3v) is 1.86. The third-order valence-electron chi connectivity index (χ3n) is 1.06. The fourth-order valence-electron chi connectivity index (χ4n) is 0.604. The number of halogens is 1. The number of rotatable bonds is 1. The second-order valence-corrected chi connectivity index (χ2v) is 3.72. The van der Waals surface area contributed by atoms with Crippen molar-refractivity contribution in [2.24, 2.45) is 0 Å². The van der Waals surface area contributed by atoms with E-state index in [-0.39, 0.29) is 4.16 Å². The van der Waals surface area contributed by atoms with E-state index in [9.17, 15) is 0 Å². The zero-order valence-electron chi connectivity index (χ0n) is 4.75. The molecule has 0 aliphatic carbocycles. The Labute approximate surface area is 68.8 Å². The number of alkyl halides is 1. The molecule has 0 N–H and O–H groups in total. The highest BCUT2D eigenvalue weighted by Crippen LogP contribution is 2.25. The summed E-state index contributed by atoms with van der Waals surface area (Å²) in [5, 5.41) is 0. The first kappa shape index (κ1) is 7.16. The first-order valence-corrected chi connectivity index (χ1v) is 4.04. The van der Waals surface area contributed by atoms with Crippen molar-refractivity contribution >= 4 is 28.6 Å². The van der Waals surface area contributed by atoms with Crippen LogP contribution in [0.15, 0.2) is 30.3 Å². The molecule has 0 bridgehead atoms. The van der Waals surface area contributed by atoms with E-state index in [0.29, 0.717) is 0 Å². The maximum Gasteiger partial charge on any atom is 0.0952 e. The largest absolute Gasteiger partial charge is 0.0952 e. The molecule has 47 valence electrons. The summed E-state index contributed by atoms with van der Waals surface area (Å²) in [6.45, 7) is 0. The molecular weight excluding hydrogens is 196 g/mol. The van der Waals surface area contributed by atoms with Gasteiger partial charge in [0.05, 0.1) is 4.16 Å². The van der Waals surface area contributed by atoms with Gasteiger partial charge >= 0.3 is 0 Å². The van der Waals surface area contributed by atoms with Crippen molar-refractivity contribution in [1.29, 1.82) is 0 Å².